The minimum Gasteiger partial charge on any atom is -0.478 e. The maximum absolute atomic E-state index is 11.3. The van der Waals surface area contributed by atoms with Crippen molar-refractivity contribution in [1.29, 1.82) is 0 Å². The second-order valence-electron chi connectivity index (χ2n) is 4.74. The Hall–Kier alpha value is -2.33. The maximum Gasteiger partial charge on any atom is 0.321 e. The molecule has 0 bridgehead atoms. The summed E-state index contributed by atoms with van der Waals surface area (Å²) in [6, 6.07) is 0. The van der Waals surface area contributed by atoms with Gasteiger partial charge in [-0.25, -0.2) is 0 Å². The molecule has 0 radical (unpaired) electrons. The molecule has 0 saturated heterocycles. The van der Waals surface area contributed by atoms with Gasteiger partial charge in [0.25, 0.3) is 0 Å². The molecule has 0 aromatic rings. The molecule has 25 heavy (non-hydrogen) atoms. The van der Waals surface area contributed by atoms with Gasteiger partial charge in [0.15, 0.2) is 6.10 Å². The smallest absolute Gasteiger partial charge is 0.321 e. The van der Waals surface area contributed by atoms with Crippen LogP contribution in [0.5, 0.6) is 0 Å². The summed E-state index contributed by atoms with van der Waals surface area (Å²) < 4.78 is 24.8. The number of aliphatic hydroxyl groups excluding tert-OH is 1. The van der Waals surface area contributed by atoms with Crippen LogP contribution in [-0.2, 0) is 38.1 Å². The summed E-state index contributed by atoms with van der Waals surface area (Å²) in [7, 11) is 0. The normalized spacial score (nSPS) is 12.6. The fourth-order valence-electron chi connectivity index (χ4n) is 1.61. The molecule has 0 fully saturated rings. The lowest BCUT2D eigenvalue weighted by Gasteiger charge is -2.20. The van der Waals surface area contributed by atoms with Gasteiger partial charge in [-0.3, -0.25) is 14.4 Å². The van der Waals surface area contributed by atoms with Gasteiger partial charge < -0.3 is 34.5 Å². The van der Waals surface area contributed by atoms with E-state index in [0.717, 1.165) is 13.8 Å². The third kappa shape index (κ3) is 11.8. The van der Waals surface area contributed by atoms with E-state index >= 15 is 0 Å². The fraction of sp³-hybridized carbons (Fsp3) is 0.667. The van der Waals surface area contributed by atoms with Gasteiger partial charge in [-0.05, 0) is 0 Å². The van der Waals surface area contributed by atoms with Crippen LogP contribution < -0.4 is 5.73 Å². The lowest BCUT2D eigenvalue weighted by molar-refractivity contribution is -0.153. The van der Waals surface area contributed by atoms with Crippen LogP contribution in [0.4, 0.5) is 0 Å². The molecule has 1 unspecified atom stereocenters. The van der Waals surface area contributed by atoms with Gasteiger partial charge in [0, 0.05) is 33.7 Å². The zero-order valence-corrected chi connectivity index (χ0v) is 14.6. The molecule has 0 rings (SSSR count). The maximum atomic E-state index is 11.3. The summed E-state index contributed by atoms with van der Waals surface area (Å²) >= 11 is 0. The second kappa shape index (κ2) is 13.0. The van der Waals surface area contributed by atoms with E-state index in [1.165, 1.54) is 6.92 Å². The van der Waals surface area contributed by atoms with E-state index in [1.54, 1.807) is 0 Å². The predicted molar refractivity (Wildman–Crippen MR) is 84.1 cm³/mol. The van der Waals surface area contributed by atoms with Crippen LogP contribution in [0.25, 0.3) is 0 Å². The Morgan fingerprint density at radius 1 is 0.920 bits per heavy atom. The van der Waals surface area contributed by atoms with E-state index in [0.29, 0.717) is 13.2 Å². The zero-order chi connectivity index (χ0) is 19.2. The van der Waals surface area contributed by atoms with Gasteiger partial charge in [0.05, 0.1) is 19.8 Å². The van der Waals surface area contributed by atoms with Crippen molar-refractivity contribution in [2.45, 2.75) is 33.3 Å². The largest absolute Gasteiger partial charge is 0.478 e. The van der Waals surface area contributed by atoms with E-state index in [4.69, 9.17) is 29.4 Å². The van der Waals surface area contributed by atoms with Crippen molar-refractivity contribution in [1.82, 2.24) is 0 Å². The minimum atomic E-state index is -1.18. The van der Waals surface area contributed by atoms with Crippen molar-refractivity contribution < 1.29 is 43.2 Å². The number of hydrogen-bond acceptors (Lipinski definition) is 10. The van der Waals surface area contributed by atoms with Gasteiger partial charge in [-0.2, -0.15) is 0 Å². The Labute approximate surface area is 145 Å². The molecule has 3 N–H and O–H groups in total. The fourth-order valence-corrected chi connectivity index (χ4v) is 1.61. The number of nitrogens with two attached hydrogens (primary N) is 1. The van der Waals surface area contributed by atoms with Gasteiger partial charge in [0.2, 0.25) is 5.76 Å². The number of hydrogen-bond donors (Lipinski definition) is 2. The molecule has 0 aromatic carbocycles. The number of carbonyl (C=O) groups excluding carboxylic acids is 3. The number of carbonyl (C=O) groups is 3. The first-order valence-corrected chi connectivity index (χ1v) is 7.60. The van der Waals surface area contributed by atoms with Crippen molar-refractivity contribution >= 4 is 17.9 Å². The molecule has 10 nitrogen and oxygen atoms in total. The van der Waals surface area contributed by atoms with Gasteiger partial charge >= 0.3 is 23.9 Å². The highest BCUT2D eigenvalue weighted by molar-refractivity contribution is 5.68. The predicted octanol–water partition coefficient (Wildman–Crippen LogP) is 0.153. The molecule has 1 atom stereocenters. The first-order chi connectivity index (χ1) is 11.8. The van der Waals surface area contributed by atoms with Crippen LogP contribution >= 0.6 is 0 Å². The zero-order valence-electron chi connectivity index (χ0n) is 14.6. The summed E-state index contributed by atoms with van der Waals surface area (Å²) in [4.78, 5) is 33.3. The summed E-state index contributed by atoms with van der Waals surface area (Å²) in [5, 5.41) is 10.0. The molecule has 0 aromatic heterocycles. The average Bonchev–Trinajstić information content (AvgIpc) is 2.50. The monoisotopic (exact) mass is 363 g/mol. The second-order valence-corrected chi connectivity index (χ2v) is 4.74. The molecule has 0 amide bonds. The van der Waals surface area contributed by atoms with Gasteiger partial charge in [0.1, 0.15) is 6.61 Å². The summed E-state index contributed by atoms with van der Waals surface area (Å²) in [6.07, 6.45) is -1.22. The topological polar surface area (TPSA) is 144 Å². The number of rotatable bonds is 12. The highest BCUT2D eigenvalue weighted by Gasteiger charge is 2.27. The molecule has 0 saturated carbocycles. The highest BCUT2D eigenvalue weighted by atomic mass is 16.6. The van der Waals surface area contributed by atoms with Gasteiger partial charge in [-0.15, -0.1) is 0 Å². The first kappa shape index (κ1) is 22.7. The minimum absolute atomic E-state index is 0.0428. The molecule has 0 aliphatic rings. The molecule has 10 heteroatoms. The molecule has 0 heterocycles. The molecule has 0 aliphatic carbocycles. The van der Waals surface area contributed by atoms with Crippen LogP contribution in [-0.4, -0.2) is 62.1 Å². The van der Waals surface area contributed by atoms with Crippen LogP contribution in [0, 0.1) is 0 Å². The van der Waals surface area contributed by atoms with E-state index in [9.17, 15) is 19.5 Å². The molecular weight excluding hydrogens is 338 g/mol. The standard InChI is InChI=1S/C15H25NO9/c1-10(17)22-6-4-13(24-11(2)18)14(25-12(3)19)15(20)23-9-8-21-7-5-16/h13,20H,4-9,16H2,1-3H3/b15-14+. The van der Waals surface area contributed by atoms with Crippen molar-refractivity contribution in [3.05, 3.63) is 11.7 Å². The third-order valence-electron chi connectivity index (χ3n) is 2.48. The van der Waals surface area contributed by atoms with Crippen LogP contribution in [0.1, 0.15) is 27.2 Å². The van der Waals surface area contributed by atoms with E-state index < -0.39 is 35.7 Å². The average molecular weight is 363 g/mol. The van der Waals surface area contributed by atoms with Crippen molar-refractivity contribution in [3.8, 4) is 0 Å². The van der Waals surface area contributed by atoms with Crippen LogP contribution in [0.2, 0.25) is 0 Å². The molecule has 144 valence electrons. The van der Waals surface area contributed by atoms with Crippen LogP contribution in [0.15, 0.2) is 11.7 Å². The Balaban J connectivity index is 5.06. The van der Waals surface area contributed by atoms with Crippen molar-refractivity contribution in [2.75, 3.05) is 33.0 Å². The quantitative estimate of drug-likeness (QED) is 0.213. The van der Waals surface area contributed by atoms with E-state index in [1.807, 2.05) is 0 Å². The number of ether oxygens (including phenoxy) is 5. The Morgan fingerprint density at radius 2 is 1.60 bits per heavy atom. The number of aliphatic hydroxyl groups is 1. The van der Waals surface area contributed by atoms with E-state index in [2.05, 4.69) is 0 Å². The Bertz CT molecular complexity index is 476. The number of esters is 3. The molecule has 0 spiro atoms. The third-order valence-corrected chi connectivity index (χ3v) is 2.48. The SMILES string of the molecule is CC(=O)OCCC(OC(C)=O)/C(OC(C)=O)=C(/O)OCCOCCN. The summed E-state index contributed by atoms with van der Waals surface area (Å²) in [6.45, 7) is 4.09. The summed E-state index contributed by atoms with van der Waals surface area (Å²) in [5.74, 6) is -3.10. The Kier molecular flexibility index (Phi) is 11.8. The molecule has 0 aliphatic heterocycles. The highest BCUT2D eigenvalue weighted by Crippen LogP contribution is 2.18. The lowest BCUT2D eigenvalue weighted by atomic mass is 10.2. The van der Waals surface area contributed by atoms with Crippen molar-refractivity contribution in [3.63, 3.8) is 0 Å². The van der Waals surface area contributed by atoms with Crippen molar-refractivity contribution in [2.24, 2.45) is 5.73 Å². The molecular formula is C15H25NO9. The first-order valence-electron chi connectivity index (χ1n) is 7.60. The Morgan fingerprint density at radius 3 is 2.12 bits per heavy atom. The van der Waals surface area contributed by atoms with Gasteiger partial charge in [-0.1, -0.05) is 0 Å². The van der Waals surface area contributed by atoms with Crippen LogP contribution in [0.3, 0.4) is 0 Å². The summed E-state index contributed by atoms with van der Waals surface area (Å²) in [5.41, 5.74) is 5.26. The van der Waals surface area contributed by atoms with E-state index in [-0.39, 0.29) is 26.2 Å². The lowest BCUT2D eigenvalue weighted by Crippen LogP contribution is -2.26.